The van der Waals surface area contributed by atoms with Crippen LogP contribution in [0.5, 0.6) is 0 Å². The molecule has 0 aliphatic carbocycles. The third-order valence-electron chi connectivity index (χ3n) is 1.64. The summed E-state index contributed by atoms with van der Waals surface area (Å²) in [5.41, 5.74) is 1.22. The van der Waals surface area contributed by atoms with Gasteiger partial charge in [0.2, 0.25) is 0 Å². The number of hydrogen-bond acceptors (Lipinski definition) is 2. The summed E-state index contributed by atoms with van der Waals surface area (Å²) >= 11 is 4.76. The molecule has 1 aliphatic heterocycles. The van der Waals surface area contributed by atoms with Crippen molar-refractivity contribution >= 4 is 23.4 Å². The molecule has 78 valence electrons. The van der Waals surface area contributed by atoms with E-state index in [-0.39, 0.29) is 11.8 Å². The van der Waals surface area contributed by atoms with Crippen molar-refractivity contribution in [3.63, 3.8) is 0 Å². The van der Waals surface area contributed by atoms with Gasteiger partial charge in [-0.3, -0.25) is 14.5 Å². The minimum Gasteiger partial charge on any atom is -0.275 e. The average molecular weight is 216 g/mol. The van der Waals surface area contributed by atoms with E-state index in [4.69, 9.17) is 11.6 Å². The minimum absolute atomic E-state index is 0.177. The highest BCUT2D eigenvalue weighted by Gasteiger charge is 2.21. The Kier molecular flexibility index (Phi) is 6.76. The summed E-state index contributed by atoms with van der Waals surface area (Å²) in [6.07, 6.45) is 4.52. The molecular weight excluding hydrogens is 202 g/mol. The summed E-state index contributed by atoms with van der Waals surface area (Å²) in [6, 6.07) is 0. The lowest BCUT2D eigenvalue weighted by atomic mass is 10.3. The number of halogens is 1. The third-order valence-corrected chi connectivity index (χ3v) is 1.64. The van der Waals surface area contributed by atoms with E-state index < -0.39 is 0 Å². The van der Waals surface area contributed by atoms with Gasteiger partial charge in [-0.1, -0.05) is 31.5 Å². The minimum atomic E-state index is -0.177. The maximum atomic E-state index is 10.9. The van der Waals surface area contributed by atoms with Crippen LogP contribution >= 0.6 is 11.6 Å². The molecule has 0 aromatic heterocycles. The molecule has 0 radical (unpaired) electrons. The molecule has 0 spiro atoms. The second-order valence-corrected chi connectivity index (χ2v) is 2.98. The number of unbranched alkanes of at least 4 members (excludes halogenated alkanes) is 1. The van der Waals surface area contributed by atoms with Gasteiger partial charge in [0.1, 0.15) is 0 Å². The van der Waals surface area contributed by atoms with Crippen LogP contribution in [0.15, 0.2) is 24.3 Å². The molecule has 2 amide bonds. The van der Waals surface area contributed by atoms with Crippen LogP contribution in [0.25, 0.3) is 0 Å². The Labute approximate surface area is 89.0 Å². The van der Waals surface area contributed by atoms with Crippen molar-refractivity contribution in [2.45, 2.75) is 19.8 Å². The molecule has 1 aliphatic rings. The first-order valence-corrected chi connectivity index (χ1v) is 4.85. The molecular formula is C10H14ClNO2. The quantitative estimate of drug-likeness (QED) is 0.676. The first-order valence-electron chi connectivity index (χ1n) is 4.42. The second-order valence-electron chi connectivity index (χ2n) is 2.67. The molecule has 0 bridgehead atoms. The van der Waals surface area contributed by atoms with Gasteiger partial charge in [-0.15, -0.1) is 0 Å². The van der Waals surface area contributed by atoms with Crippen molar-refractivity contribution in [2.24, 2.45) is 0 Å². The number of carbonyl (C=O) groups excluding carboxylic acids is 2. The molecule has 14 heavy (non-hydrogen) atoms. The summed E-state index contributed by atoms with van der Waals surface area (Å²) in [7, 11) is 0. The van der Waals surface area contributed by atoms with Gasteiger partial charge in [0.25, 0.3) is 11.8 Å². The summed E-state index contributed by atoms with van der Waals surface area (Å²) in [6.45, 7) is 5.71. The second kappa shape index (κ2) is 7.33. The number of carbonyl (C=O) groups is 2. The Hall–Kier alpha value is -1.09. The van der Waals surface area contributed by atoms with Crippen LogP contribution in [-0.4, -0.2) is 23.3 Å². The summed E-state index contributed by atoms with van der Waals surface area (Å²) in [5, 5.41) is 0. The smallest absolute Gasteiger partial charge is 0.253 e. The van der Waals surface area contributed by atoms with Crippen LogP contribution < -0.4 is 0 Å². The predicted octanol–water partition coefficient (Wildman–Crippen LogP) is 2.08. The van der Waals surface area contributed by atoms with Crippen molar-refractivity contribution in [1.29, 1.82) is 0 Å². The molecule has 0 aromatic rings. The van der Waals surface area contributed by atoms with Crippen molar-refractivity contribution in [2.75, 3.05) is 6.54 Å². The van der Waals surface area contributed by atoms with Gasteiger partial charge in [0.05, 0.1) is 0 Å². The van der Waals surface area contributed by atoms with Gasteiger partial charge < -0.3 is 0 Å². The molecule has 3 nitrogen and oxygen atoms in total. The van der Waals surface area contributed by atoms with E-state index in [1.165, 1.54) is 22.6 Å². The van der Waals surface area contributed by atoms with Gasteiger partial charge in [0, 0.05) is 18.7 Å². The maximum absolute atomic E-state index is 10.9. The maximum Gasteiger partial charge on any atom is 0.253 e. The normalized spacial score (nSPS) is 14.0. The Morgan fingerprint density at radius 2 is 1.86 bits per heavy atom. The fourth-order valence-corrected chi connectivity index (χ4v) is 0.968. The fraction of sp³-hybridized carbons (Fsp3) is 0.400. The van der Waals surface area contributed by atoms with Crippen LogP contribution in [0.2, 0.25) is 0 Å². The lowest BCUT2D eigenvalue weighted by Gasteiger charge is -2.11. The third kappa shape index (κ3) is 4.23. The Balaban J connectivity index is 0.000000500. The van der Waals surface area contributed by atoms with E-state index in [2.05, 4.69) is 6.58 Å². The lowest BCUT2D eigenvalue weighted by molar-refractivity contribution is -0.136. The van der Waals surface area contributed by atoms with E-state index in [0.29, 0.717) is 6.54 Å². The Morgan fingerprint density at radius 1 is 1.43 bits per heavy atom. The Morgan fingerprint density at radius 3 is 2.21 bits per heavy atom. The first kappa shape index (κ1) is 12.9. The monoisotopic (exact) mass is 215 g/mol. The van der Waals surface area contributed by atoms with Gasteiger partial charge >= 0.3 is 0 Å². The van der Waals surface area contributed by atoms with E-state index >= 15 is 0 Å². The van der Waals surface area contributed by atoms with E-state index in [9.17, 15) is 9.59 Å². The predicted molar refractivity (Wildman–Crippen MR) is 56.8 cm³/mol. The molecule has 0 unspecified atom stereocenters. The van der Waals surface area contributed by atoms with Gasteiger partial charge in [0.15, 0.2) is 0 Å². The van der Waals surface area contributed by atoms with Crippen molar-refractivity contribution in [3.8, 4) is 0 Å². The number of imide groups is 1. The highest BCUT2D eigenvalue weighted by molar-refractivity contribution is 6.25. The van der Waals surface area contributed by atoms with Gasteiger partial charge in [-0.05, 0) is 12.0 Å². The Bertz CT molecular complexity index is 231. The summed E-state index contributed by atoms with van der Waals surface area (Å²) in [4.78, 5) is 23.1. The standard InChI is InChI=1S/C8H11NO2.C2H3Cl/c1-2-3-6-9-7(10)4-5-8(9)11;1-2-3/h4-5H,2-3,6H2,1H3;2H,1H2. The zero-order valence-corrected chi connectivity index (χ0v) is 8.96. The lowest BCUT2D eigenvalue weighted by Crippen LogP contribution is -2.30. The van der Waals surface area contributed by atoms with Gasteiger partial charge in [-0.25, -0.2) is 0 Å². The first-order chi connectivity index (χ1) is 6.67. The van der Waals surface area contributed by atoms with E-state index in [1.807, 2.05) is 6.92 Å². The number of nitrogens with zero attached hydrogens (tertiary/aromatic N) is 1. The molecule has 1 heterocycles. The topological polar surface area (TPSA) is 37.4 Å². The summed E-state index contributed by atoms with van der Waals surface area (Å²) in [5.74, 6) is -0.355. The van der Waals surface area contributed by atoms with Gasteiger partial charge in [-0.2, -0.15) is 0 Å². The highest BCUT2D eigenvalue weighted by atomic mass is 35.5. The van der Waals surface area contributed by atoms with Crippen molar-refractivity contribution in [1.82, 2.24) is 4.90 Å². The van der Waals surface area contributed by atoms with E-state index in [0.717, 1.165) is 12.8 Å². The van der Waals surface area contributed by atoms with Crippen LogP contribution in [0.3, 0.4) is 0 Å². The van der Waals surface area contributed by atoms with Crippen LogP contribution in [0.1, 0.15) is 19.8 Å². The van der Waals surface area contributed by atoms with Crippen molar-refractivity contribution in [3.05, 3.63) is 24.3 Å². The molecule has 0 saturated heterocycles. The largest absolute Gasteiger partial charge is 0.275 e. The SMILES string of the molecule is C=CCl.CCCCN1C(=O)C=CC1=O. The number of amides is 2. The van der Waals surface area contributed by atoms with Crippen LogP contribution in [-0.2, 0) is 9.59 Å². The molecule has 4 heteroatoms. The van der Waals surface area contributed by atoms with Crippen LogP contribution in [0, 0.1) is 0 Å². The molecule has 0 N–H and O–H groups in total. The molecule has 0 atom stereocenters. The molecule has 0 fully saturated rings. The van der Waals surface area contributed by atoms with Crippen LogP contribution in [0.4, 0.5) is 0 Å². The average Bonchev–Trinajstić information content (AvgIpc) is 2.45. The van der Waals surface area contributed by atoms with Crippen molar-refractivity contribution < 1.29 is 9.59 Å². The molecule has 0 aromatic carbocycles. The highest BCUT2D eigenvalue weighted by Crippen LogP contribution is 2.04. The molecule has 1 rings (SSSR count). The van der Waals surface area contributed by atoms with E-state index in [1.54, 1.807) is 0 Å². The zero-order valence-electron chi connectivity index (χ0n) is 8.20. The number of rotatable bonds is 3. The number of hydrogen-bond donors (Lipinski definition) is 0. The fourth-order valence-electron chi connectivity index (χ4n) is 0.968. The molecule has 0 saturated carbocycles. The zero-order chi connectivity index (χ0) is 11.0. The summed E-state index contributed by atoms with van der Waals surface area (Å²) < 4.78 is 0.